The molecule has 1 aromatic heterocycles. The number of rotatable bonds is 8. The van der Waals surface area contributed by atoms with Crippen LogP contribution in [0.15, 0.2) is 24.3 Å². The lowest BCUT2D eigenvalue weighted by Gasteiger charge is -2.41. The SMILES string of the molecule is CCc1nn2c(c1C1CCN([C@H](C)[C@H]3CN(CC4(C(=O)O)CCC4)C[C@@H]3c3cccc(F)c3)CC1)CCCC2. The Bertz CT molecular complexity index is 1180. The van der Waals surface area contributed by atoms with E-state index in [-0.39, 0.29) is 11.7 Å². The molecular weight excluding hydrogens is 491 g/mol. The molecule has 1 aliphatic carbocycles. The lowest BCUT2D eigenvalue weighted by molar-refractivity contribution is -0.156. The Kier molecular flexibility index (Phi) is 7.58. The molecule has 0 bridgehead atoms. The molecule has 1 aromatic carbocycles. The van der Waals surface area contributed by atoms with Gasteiger partial charge in [0.15, 0.2) is 0 Å². The van der Waals surface area contributed by atoms with Gasteiger partial charge in [-0.15, -0.1) is 0 Å². The van der Waals surface area contributed by atoms with Crippen molar-refractivity contribution in [3.8, 4) is 0 Å². The second-order valence-electron chi connectivity index (χ2n) is 12.9. The highest BCUT2D eigenvalue weighted by Crippen LogP contribution is 2.45. The molecule has 3 fully saturated rings. The fourth-order valence-electron chi connectivity index (χ4n) is 8.26. The van der Waals surface area contributed by atoms with Crippen LogP contribution in [0.5, 0.6) is 0 Å². The highest BCUT2D eigenvalue weighted by molar-refractivity contribution is 5.76. The summed E-state index contributed by atoms with van der Waals surface area (Å²) in [5.41, 5.74) is 4.85. The van der Waals surface area contributed by atoms with Gasteiger partial charge in [-0.1, -0.05) is 25.5 Å². The highest BCUT2D eigenvalue weighted by atomic mass is 19.1. The average molecular weight is 537 g/mol. The van der Waals surface area contributed by atoms with Crippen LogP contribution in [0.2, 0.25) is 0 Å². The Labute approximate surface area is 232 Å². The van der Waals surface area contributed by atoms with E-state index in [4.69, 9.17) is 5.10 Å². The van der Waals surface area contributed by atoms with E-state index >= 15 is 0 Å². The van der Waals surface area contributed by atoms with Gasteiger partial charge in [-0.25, -0.2) is 4.39 Å². The van der Waals surface area contributed by atoms with Crippen LogP contribution in [0.25, 0.3) is 0 Å². The van der Waals surface area contributed by atoms with Crippen LogP contribution in [0.4, 0.5) is 4.39 Å². The summed E-state index contributed by atoms with van der Waals surface area (Å²) in [6, 6.07) is 7.47. The van der Waals surface area contributed by atoms with Gasteiger partial charge in [0.05, 0.1) is 11.1 Å². The second-order valence-corrected chi connectivity index (χ2v) is 12.9. The molecular formula is C32H45FN4O2. The third-order valence-corrected chi connectivity index (χ3v) is 10.7. The topological polar surface area (TPSA) is 61.6 Å². The summed E-state index contributed by atoms with van der Waals surface area (Å²) >= 11 is 0. The lowest BCUT2D eigenvalue weighted by atomic mass is 9.68. The molecule has 4 aliphatic rings. The third kappa shape index (κ3) is 5.06. The summed E-state index contributed by atoms with van der Waals surface area (Å²) in [4.78, 5) is 17.2. The number of aliphatic carboxylic acids is 1. The number of hydrogen-bond acceptors (Lipinski definition) is 4. The van der Waals surface area contributed by atoms with E-state index in [9.17, 15) is 14.3 Å². The number of aryl methyl sites for hydroxylation is 2. The number of benzene rings is 1. The molecule has 1 N–H and O–H groups in total. The number of likely N-dealkylation sites (tertiary alicyclic amines) is 2. The summed E-state index contributed by atoms with van der Waals surface area (Å²) in [6.45, 7) is 10.1. The highest BCUT2D eigenvalue weighted by Gasteiger charge is 2.48. The summed E-state index contributed by atoms with van der Waals surface area (Å²) < 4.78 is 16.6. The number of carbonyl (C=O) groups is 1. The maximum Gasteiger partial charge on any atom is 0.310 e. The molecule has 0 spiro atoms. The molecule has 4 heterocycles. The monoisotopic (exact) mass is 536 g/mol. The summed E-state index contributed by atoms with van der Waals surface area (Å²) in [5, 5.41) is 15.0. The van der Waals surface area contributed by atoms with E-state index in [0.717, 1.165) is 64.0 Å². The summed E-state index contributed by atoms with van der Waals surface area (Å²) in [6.07, 6.45) is 9.58. The van der Waals surface area contributed by atoms with Crippen LogP contribution in [-0.2, 0) is 24.2 Å². The minimum atomic E-state index is -0.650. The third-order valence-electron chi connectivity index (χ3n) is 10.7. The zero-order valence-corrected chi connectivity index (χ0v) is 23.7. The first-order valence-electron chi connectivity index (χ1n) is 15.4. The van der Waals surface area contributed by atoms with Crippen LogP contribution in [0.1, 0.15) is 93.1 Å². The number of aromatic nitrogens is 2. The first kappa shape index (κ1) is 26.9. The van der Waals surface area contributed by atoms with Crippen LogP contribution >= 0.6 is 0 Å². The molecule has 2 saturated heterocycles. The van der Waals surface area contributed by atoms with E-state index in [1.165, 1.54) is 49.6 Å². The summed E-state index contributed by atoms with van der Waals surface area (Å²) in [5.74, 6) is 0.329. The van der Waals surface area contributed by atoms with Crippen LogP contribution in [0.3, 0.4) is 0 Å². The molecule has 212 valence electrons. The van der Waals surface area contributed by atoms with Crippen LogP contribution in [0, 0.1) is 17.2 Å². The summed E-state index contributed by atoms with van der Waals surface area (Å²) in [7, 11) is 0. The first-order valence-corrected chi connectivity index (χ1v) is 15.4. The predicted molar refractivity (Wildman–Crippen MR) is 151 cm³/mol. The molecule has 6 nitrogen and oxygen atoms in total. The van der Waals surface area contributed by atoms with Crippen molar-refractivity contribution in [2.45, 2.75) is 96.1 Å². The zero-order chi connectivity index (χ0) is 27.1. The Morgan fingerprint density at radius 2 is 1.95 bits per heavy atom. The van der Waals surface area contributed by atoms with Crippen molar-refractivity contribution in [1.82, 2.24) is 19.6 Å². The average Bonchev–Trinajstić information content (AvgIpc) is 3.52. The van der Waals surface area contributed by atoms with Crippen molar-refractivity contribution in [3.63, 3.8) is 0 Å². The minimum Gasteiger partial charge on any atom is -0.481 e. The normalized spacial score (nSPS) is 26.7. The number of hydrogen-bond donors (Lipinski definition) is 1. The molecule has 0 radical (unpaired) electrons. The predicted octanol–water partition coefficient (Wildman–Crippen LogP) is 5.46. The zero-order valence-electron chi connectivity index (χ0n) is 23.7. The largest absolute Gasteiger partial charge is 0.481 e. The minimum absolute atomic E-state index is 0.185. The van der Waals surface area contributed by atoms with Crippen LogP contribution < -0.4 is 0 Å². The number of halogens is 1. The number of piperidine rings is 1. The molecule has 0 unspecified atom stereocenters. The fraction of sp³-hybridized carbons (Fsp3) is 0.688. The van der Waals surface area contributed by atoms with Crippen LogP contribution in [-0.4, -0.2) is 69.4 Å². The van der Waals surface area contributed by atoms with Crippen molar-refractivity contribution < 1.29 is 14.3 Å². The standard InChI is InChI=1S/C32H45FN4O2/c1-3-28-30(29-10-4-5-15-37(29)34-28)23-11-16-36(17-12-23)22(2)26-19-35(21-32(31(38)39)13-7-14-32)20-27(26)24-8-6-9-25(33)18-24/h6,8-9,18,22-23,26-27H,3-5,7,10-17,19-21H2,1-2H3,(H,38,39)/t22-,26-,27-/m1/s1. The van der Waals surface area contributed by atoms with Crippen molar-refractivity contribution in [3.05, 3.63) is 52.6 Å². The van der Waals surface area contributed by atoms with Gasteiger partial charge < -0.3 is 14.9 Å². The first-order chi connectivity index (χ1) is 18.9. The van der Waals surface area contributed by atoms with Gasteiger partial charge in [0.25, 0.3) is 0 Å². The Balaban J connectivity index is 1.18. The van der Waals surface area contributed by atoms with E-state index in [1.54, 1.807) is 11.6 Å². The molecule has 3 atom stereocenters. The van der Waals surface area contributed by atoms with E-state index in [2.05, 4.69) is 34.4 Å². The lowest BCUT2D eigenvalue weighted by Crippen LogP contribution is -2.48. The van der Waals surface area contributed by atoms with Gasteiger partial charge in [0, 0.05) is 43.8 Å². The Morgan fingerprint density at radius 3 is 2.62 bits per heavy atom. The van der Waals surface area contributed by atoms with Gasteiger partial charge in [0.2, 0.25) is 0 Å². The Morgan fingerprint density at radius 1 is 1.15 bits per heavy atom. The van der Waals surface area contributed by atoms with Gasteiger partial charge in [-0.2, -0.15) is 5.10 Å². The second kappa shape index (κ2) is 11.0. The Hall–Kier alpha value is -2.25. The van der Waals surface area contributed by atoms with Crippen molar-refractivity contribution >= 4 is 5.97 Å². The van der Waals surface area contributed by atoms with E-state index in [0.29, 0.717) is 24.4 Å². The van der Waals surface area contributed by atoms with Gasteiger partial charge in [0.1, 0.15) is 5.82 Å². The van der Waals surface area contributed by atoms with Crippen molar-refractivity contribution in [1.29, 1.82) is 0 Å². The molecule has 1 saturated carbocycles. The number of nitrogens with zero attached hydrogens (tertiary/aromatic N) is 4. The van der Waals surface area contributed by atoms with Gasteiger partial charge in [-0.05, 0) is 106 Å². The van der Waals surface area contributed by atoms with Crippen molar-refractivity contribution in [2.24, 2.45) is 11.3 Å². The molecule has 0 amide bonds. The fourth-order valence-corrected chi connectivity index (χ4v) is 8.26. The molecule has 39 heavy (non-hydrogen) atoms. The van der Waals surface area contributed by atoms with E-state index in [1.807, 2.05) is 6.07 Å². The maximum absolute atomic E-state index is 14.3. The molecule has 2 aromatic rings. The van der Waals surface area contributed by atoms with E-state index < -0.39 is 11.4 Å². The maximum atomic E-state index is 14.3. The van der Waals surface area contributed by atoms with Gasteiger partial charge in [-0.3, -0.25) is 9.48 Å². The smallest absolute Gasteiger partial charge is 0.310 e. The number of carboxylic acid groups (broad SMARTS) is 1. The molecule has 7 heteroatoms. The van der Waals surface area contributed by atoms with Gasteiger partial charge >= 0.3 is 5.97 Å². The van der Waals surface area contributed by atoms with Crippen molar-refractivity contribution in [2.75, 3.05) is 32.7 Å². The number of carboxylic acids is 1. The quantitative estimate of drug-likeness (QED) is 0.486. The number of fused-ring (bicyclic) bond motifs is 1. The molecule has 6 rings (SSSR count). The molecule has 3 aliphatic heterocycles.